The summed E-state index contributed by atoms with van der Waals surface area (Å²) in [5.41, 5.74) is 3.00. The summed E-state index contributed by atoms with van der Waals surface area (Å²) < 4.78 is 13.2. The number of carbonyl (C=O) groups excluding carboxylic acids is 3. The van der Waals surface area contributed by atoms with E-state index in [1.54, 1.807) is 6.92 Å². The van der Waals surface area contributed by atoms with Crippen LogP contribution in [0.15, 0.2) is 42.5 Å². The molecule has 2 aromatic carbocycles. The highest BCUT2D eigenvalue weighted by Crippen LogP contribution is 2.26. The van der Waals surface area contributed by atoms with Crippen LogP contribution in [0.1, 0.15) is 25.0 Å². The van der Waals surface area contributed by atoms with E-state index in [1.165, 1.54) is 29.2 Å². The number of aryl methyl sites for hydroxylation is 2. The number of amides is 4. The van der Waals surface area contributed by atoms with E-state index in [4.69, 9.17) is 0 Å². The maximum atomic E-state index is 13.2. The van der Waals surface area contributed by atoms with E-state index in [2.05, 4.69) is 5.32 Å². The molecule has 0 aromatic heterocycles. The van der Waals surface area contributed by atoms with Crippen molar-refractivity contribution >= 4 is 29.2 Å². The van der Waals surface area contributed by atoms with Crippen molar-refractivity contribution in [2.24, 2.45) is 0 Å². The zero-order valence-corrected chi connectivity index (χ0v) is 16.0. The van der Waals surface area contributed by atoms with Crippen LogP contribution in [0.3, 0.4) is 0 Å². The molecule has 28 heavy (non-hydrogen) atoms. The van der Waals surface area contributed by atoms with Crippen molar-refractivity contribution in [3.8, 4) is 0 Å². The van der Waals surface area contributed by atoms with Gasteiger partial charge in [0.2, 0.25) is 5.91 Å². The van der Waals surface area contributed by atoms with Gasteiger partial charge < -0.3 is 5.32 Å². The van der Waals surface area contributed by atoms with Gasteiger partial charge >= 0.3 is 6.03 Å². The van der Waals surface area contributed by atoms with Gasteiger partial charge in [-0.25, -0.2) is 9.18 Å². The Kier molecular flexibility index (Phi) is 5.44. The van der Waals surface area contributed by atoms with Gasteiger partial charge in [0.1, 0.15) is 18.4 Å². The number of imide groups is 1. The van der Waals surface area contributed by atoms with Crippen LogP contribution in [0, 0.1) is 12.7 Å². The van der Waals surface area contributed by atoms with E-state index in [9.17, 15) is 18.8 Å². The Morgan fingerprint density at radius 1 is 1.14 bits per heavy atom. The predicted molar refractivity (Wildman–Crippen MR) is 105 cm³/mol. The van der Waals surface area contributed by atoms with Crippen molar-refractivity contribution < 1.29 is 18.8 Å². The maximum absolute atomic E-state index is 13.2. The van der Waals surface area contributed by atoms with Crippen LogP contribution in [-0.2, 0) is 16.0 Å². The van der Waals surface area contributed by atoms with Gasteiger partial charge in [0.15, 0.2) is 0 Å². The SMILES string of the molecule is CCc1cccc(C)c1NC(=O)CN1C(=O)C(C)N(c2ccc(F)cc2)C1=O. The molecule has 1 saturated heterocycles. The van der Waals surface area contributed by atoms with Crippen LogP contribution >= 0.6 is 0 Å². The molecule has 3 rings (SSSR count). The fourth-order valence-electron chi connectivity index (χ4n) is 3.33. The first kappa shape index (κ1) is 19.5. The number of hydrogen-bond donors (Lipinski definition) is 1. The first-order chi connectivity index (χ1) is 13.3. The fourth-order valence-corrected chi connectivity index (χ4v) is 3.33. The summed E-state index contributed by atoms with van der Waals surface area (Å²) in [5.74, 6) is -1.35. The van der Waals surface area contributed by atoms with Crippen LogP contribution in [0.2, 0.25) is 0 Å². The minimum atomic E-state index is -0.768. The summed E-state index contributed by atoms with van der Waals surface area (Å²) >= 11 is 0. The van der Waals surface area contributed by atoms with Crippen molar-refractivity contribution in [3.63, 3.8) is 0 Å². The molecule has 0 bridgehead atoms. The Labute approximate surface area is 162 Å². The number of rotatable bonds is 5. The average Bonchev–Trinajstić information content (AvgIpc) is 2.88. The van der Waals surface area contributed by atoms with E-state index in [0.717, 1.165) is 22.4 Å². The third kappa shape index (κ3) is 3.60. The molecule has 1 heterocycles. The third-order valence-corrected chi connectivity index (χ3v) is 4.86. The number of urea groups is 1. The normalized spacial score (nSPS) is 16.6. The molecule has 4 amide bonds. The highest BCUT2D eigenvalue weighted by Gasteiger charge is 2.44. The minimum absolute atomic E-state index is 0.378. The van der Waals surface area contributed by atoms with Crippen molar-refractivity contribution in [2.45, 2.75) is 33.2 Å². The van der Waals surface area contributed by atoms with Crippen molar-refractivity contribution in [1.29, 1.82) is 0 Å². The van der Waals surface area contributed by atoms with Crippen molar-refractivity contribution in [1.82, 2.24) is 4.90 Å². The molecule has 0 saturated carbocycles. The highest BCUT2D eigenvalue weighted by molar-refractivity contribution is 6.16. The topological polar surface area (TPSA) is 69.7 Å². The fraction of sp³-hybridized carbons (Fsp3) is 0.286. The smallest absolute Gasteiger partial charge is 0.324 e. The van der Waals surface area contributed by atoms with Gasteiger partial charge in [0.05, 0.1) is 0 Å². The molecular formula is C21H22FN3O3. The van der Waals surface area contributed by atoms with E-state index in [0.29, 0.717) is 11.4 Å². The first-order valence-corrected chi connectivity index (χ1v) is 9.12. The molecule has 0 spiro atoms. The van der Waals surface area contributed by atoms with E-state index >= 15 is 0 Å². The molecule has 6 nitrogen and oxygen atoms in total. The zero-order chi connectivity index (χ0) is 20.4. The first-order valence-electron chi connectivity index (χ1n) is 9.12. The summed E-state index contributed by atoms with van der Waals surface area (Å²) in [6, 6.07) is 9.67. The number of carbonyl (C=O) groups is 3. The van der Waals surface area contributed by atoms with Gasteiger partial charge in [0, 0.05) is 11.4 Å². The lowest BCUT2D eigenvalue weighted by molar-refractivity contribution is -0.130. The largest absolute Gasteiger partial charge is 0.332 e. The lowest BCUT2D eigenvalue weighted by Gasteiger charge is -2.19. The summed E-state index contributed by atoms with van der Waals surface area (Å²) in [4.78, 5) is 40.0. The molecule has 7 heteroatoms. The summed E-state index contributed by atoms with van der Waals surface area (Å²) in [7, 11) is 0. The molecule has 146 valence electrons. The molecule has 0 aliphatic carbocycles. The summed E-state index contributed by atoms with van der Waals surface area (Å²) in [6.07, 6.45) is 0.744. The zero-order valence-electron chi connectivity index (χ0n) is 16.0. The second-order valence-corrected chi connectivity index (χ2v) is 6.74. The molecule has 1 N–H and O–H groups in total. The standard InChI is InChI=1S/C21H22FN3O3/c1-4-15-7-5-6-13(2)19(15)23-18(26)12-24-20(27)14(3)25(21(24)28)17-10-8-16(22)9-11-17/h5-11,14H,4,12H2,1-3H3,(H,23,26). The molecule has 1 aliphatic rings. The molecule has 2 aromatic rings. The Balaban J connectivity index is 1.77. The van der Waals surface area contributed by atoms with E-state index in [1.807, 2.05) is 32.0 Å². The number of para-hydroxylation sites is 1. The molecule has 1 aliphatic heterocycles. The Morgan fingerprint density at radius 2 is 1.82 bits per heavy atom. The minimum Gasteiger partial charge on any atom is -0.324 e. The number of nitrogens with zero attached hydrogens (tertiary/aromatic N) is 2. The van der Waals surface area contributed by atoms with Crippen LogP contribution in [0.5, 0.6) is 0 Å². The number of halogens is 1. The van der Waals surface area contributed by atoms with Crippen LogP contribution in [0.25, 0.3) is 0 Å². The van der Waals surface area contributed by atoms with Gasteiger partial charge in [-0.05, 0) is 55.7 Å². The van der Waals surface area contributed by atoms with Gasteiger partial charge in [-0.1, -0.05) is 25.1 Å². The number of benzene rings is 2. The summed E-state index contributed by atoms with van der Waals surface area (Å²) in [5, 5.41) is 2.82. The monoisotopic (exact) mass is 383 g/mol. The van der Waals surface area contributed by atoms with Crippen LogP contribution < -0.4 is 10.2 Å². The lowest BCUT2D eigenvalue weighted by atomic mass is 10.1. The van der Waals surface area contributed by atoms with E-state index < -0.39 is 29.7 Å². The second-order valence-electron chi connectivity index (χ2n) is 6.74. The van der Waals surface area contributed by atoms with Crippen molar-refractivity contribution in [3.05, 3.63) is 59.4 Å². The highest BCUT2D eigenvalue weighted by atomic mass is 19.1. The quantitative estimate of drug-likeness (QED) is 0.804. The molecule has 1 atom stereocenters. The maximum Gasteiger partial charge on any atom is 0.332 e. The third-order valence-electron chi connectivity index (χ3n) is 4.86. The van der Waals surface area contributed by atoms with Crippen molar-refractivity contribution in [2.75, 3.05) is 16.8 Å². The van der Waals surface area contributed by atoms with Gasteiger partial charge in [-0.15, -0.1) is 0 Å². The number of hydrogen-bond acceptors (Lipinski definition) is 3. The average molecular weight is 383 g/mol. The predicted octanol–water partition coefficient (Wildman–Crippen LogP) is 3.49. The Morgan fingerprint density at radius 3 is 2.46 bits per heavy atom. The molecule has 0 radical (unpaired) electrons. The van der Waals surface area contributed by atoms with E-state index in [-0.39, 0.29) is 6.54 Å². The lowest BCUT2D eigenvalue weighted by Crippen LogP contribution is -2.39. The Hall–Kier alpha value is -3.22. The summed E-state index contributed by atoms with van der Waals surface area (Å²) in [6.45, 7) is 5.08. The number of anilines is 2. The Bertz CT molecular complexity index is 927. The van der Waals surface area contributed by atoms with Crippen LogP contribution in [-0.4, -0.2) is 35.3 Å². The van der Waals surface area contributed by atoms with Gasteiger partial charge in [0.25, 0.3) is 5.91 Å². The van der Waals surface area contributed by atoms with Gasteiger partial charge in [-0.3, -0.25) is 19.4 Å². The molecule has 1 unspecified atom stereocenters. The molecule has 1 fully saturated rings. The van der Waals surface area contributed by atoms with Gasteiger partial charge in [-0.2, -0.15) is 0 Å². The van der Waals surface area contributed by atoms with Crippen LogP contribution in [0.4, 0.5) is 20.6 Å². The molecular weight excluding hydrogens is 361 g/mol. The second kappa shape index (κ2) is 7.80. The number of nitrogens with one attached hydrogen (secondary N) is 1.